The van der Waals surface area contributed by atoms with Crippen LogP contribution >= 0.6 is 0 Å². The molecule has 0 radical (unpaired) electrons. The predicted molar refractivity (Wildman–Crippen MR) is 84.2 cm³/mol. The third kappa shape index (κ3) is 2.79. The summed E-state index contributed by atoms with van der Waals surface area (Å²) in [5.74, 6) is 0.660. The summed E-state index contributed by atoms with van der Waals surface area (Å²) in [6.45, 7) is 2.03. The first kappa shape index (κ1) is 13.4. The van der Waals surface area contributed by atoms with Gasteiger partial charge in [-0.15, -0.1) is 0 Å². The SMILES string of the molecule is CCc1cn[nH]c1NC(=O)Cc1cccc2ccccc12. The van der Waals surface area contributed by atoms with Crippen molar-refractivity contribution in [1.29, 1.82) is 0 Å². The Kier molecular flexibility index (Phi) is 3.69. The van der Waals surface area contributed by atoms with Crippen LogP contribution < -0.4 is 5.32 Å². The molecule has 1 heterocycles. The van der Waals surface area contributed by atoms with E-state index in [2.05, 4.69) is 27.6 Å². The van der Waals surface area contributed by atoms with E-state index in [0.717, 1.165) is 28.3 Å². The van der Waals surface area contributed by atoms with Crippen LogP contribution in [0.15, 0.2) is 48.7 Å². The van der Waals surface area contributed by atoms with E-state index in [1.807, 2.05) is 37.3 Å². The topological polar surface area (TPSA) is 57.8 Å². The van der Waals surface area contributed by atoms with Crippen molar-refractivity contribution in [3.05, 3.63) is 59.8 Å². The molecule has 0 saturated carbocycles. The van der Waals surface area contributed by atoms with E-state index in [1.54, 1.807) is 6.20 Å². The summed E-state index contributed by atoms with van der Waals surface area (Å²) in [6, 6.07) is 14.1. The van der Waals surface area contributed by atoms with E-state index in [-0.39, 0.29) is 5.91 Å². The number of H-pyrrole nitrogens is 1. The van der Waals surface area contributed by atoms with Crippen molar-refractivity contribution in [2.75, 3.05) is 5.32 Å². The largest absolute Gasteiger partial charge is 0.311 e. The molecule has 106 valence electrons. The molecular weight excluding hydrogens is 262 g/mol. The highest BCUT2D eigenvalue weighted by molar-refractivity contribution is 5.96. The molecule has 1 aromatic heterocycles. The Morgan fingerprint density at radius 1 is 1.14 bits per heavy atom. The van der Waals surface area contributed by atoms with Crippen molar-refractivity contribution in [3.8, 4) is 0 Å². The molecule has 0 aliphatic carbocycles. The van der Waals surface area contributed by atoms with Crippen molar-refractivity contribution in [2.24, 2.45) is 0 Å². The number of aryl methyl sites for hydroxylation is 1. The third-order valence-corrected chi connectivity index (χ3v) is 3.59. The fourth-order valence-corrected chi connectivity index (χ4v) is 2.49. The van der Waals surface area contributed by atoms with Crippen LogP contribution in [0.25, 0.3) is 10.8 Å². The number of benzene rings is 2. The molecule has 2 aromatic carbocycles. The van der Waals surface area contributed by atoms with Gasteiger partial charge in [-0.2, -0.15) is 5.10 Å². The highest BCUT2D eigenvalue weighted by atomic mass is 16.1. The minimum atomic E-state index is -0.0368. The number of carbonyl (C=O) groups excluding carboxylic acids is 1. The zero-order valence-corrected chi connectivity index (χ0v) is 11.9. The Morgan fingerprint density at radius 2 is 1.95 bits per heavy atom. The number of hydrogen-bond donors (Lipinski definition) is 2. The number of nitrogens with zero attached hydrogens (tertiary/aromatic N) is 1. The van der Waals surface area contributed by atoms with Crippen molar-refractivity contribution < 1.29 is 4.79 Å². The maximum absolute atomic E-state index is 12.2. The van der Waals surface area contributed by atoms with Crippen LogP contribution in [0.3, 0.4) is 0 Å². The number of carbonyl (C=O) groups is 1. The molecule has 1 amide bonds. The lowest BCUT2D eigenvalue weighted by Gasteiger charge is -2.07. The lowest BCUT2D eigenvalue weighted by atomic mass is 10.0. The van der Waals surface area contributed by atoms with E-state index in [1.165, 1.54) is 0 Å². The number of hydrogen-bond acceptors (Lipinski definition) is 2. The van der Waals surface area contributed by atoms with Gasteiger partial charge in [-0.05, 0) is 22.8 Å². The Morgan fingerprint density at radius 3 is 2.81 bits per heavy atom. The molecule has 3 rings (SSSR count). The summed E-state index contributed by atoms with van der Waals surface area (Å²) < 4.78 is 0. The first-order valence-electron chi connectivity index (χ1n) is 7.06. The fraction of sp³-hybridized carbons (Fsp3) is 0.176. The zero-order valence-electron chi connectivity index (χ0n) is 11.9. The first-order valence-corrected chi connectivity index (χ1v) is 7.06. The normalized spacial score (nSPS) is 10.7. The summed E-state index contributed by atoms with van der Waals surface area (Å²) in [7, 11) is 0. The molecule has 3 aromatic rings. The van der Waals surface area contributed by atoms with Crippen LogP contribution in [0.5, 0.6) is 0 Å². The lowest BCUT2D eigenvalue weighted by Crippen LogP contribution is -2.15. The van der Waals surface area contributed by atoms with Crippen LogP contribution in [-0.2, 0) is 17.6 Å². The van der Waals surface area contributed by atoms with Gasteiger partial charge < -0.3 is 5.32 Å². The van der Waals surface area contributed by atoms with E-state index >= 15 is 0 Å². The van der Waals surface area contributed by atoms with Gasteiger partial charge in [-0.3, -0.25) is 9.89 Å². The number of nitrogens with one attached hydrogen (secondary N) is 2. The molecule has 21 heavy (non-hydrogen) atoms. The zero-order chi connectivity index (χ0) is 14.7. The average molecular weight is 279 g/mol. The predicted octanol–water partition coefficient (Wildman–Crippen LogP) is 3.31. The standard InChI is InChI=1S/C17H17N3O/c1-2-12-11-18-20-17(12)19-16(21)10-14-8-5-7-13-6-3-4-9-15(13)14/h3-9,11H,2,10H2,1H3,(H2,18,19,20,21). The molecule has 0 bridgehead atoms. The number of aromatic amines is 1. The summed E-state index contributed by atoms with van der Waals surface area (Å²) in [4.78, 5) is 12.2. The molecule has 2 N–H and O–H groups in total. The number of anilines is 1. The summed E-state index contributed by atoms with van der Waals surface area (Å²) in [5.41, 5.74) is 2.05. The summed E-state index contributed by atoms with van der Waals surface area (Å²) in [5, 5.41) is 12.0. The van der Waals surface area contributed by atoms with Crippen LogP contribution in [0, 0.1) is 0 Å². The molecule has 0 spiro atoms. The van der Waals surface area contributed by atoms with Gasteiger partial charge in [0.1, 0.15) is 5.82 Å². The second-order valence-corrected chi connectivity index (χ2v) is 4.99. The van der Waals surface area contributed by atoms with Gasteiger partial charge in [0.25, 0.3) is 0 Å². The highest BCUT2D eigenvalue weighted by Crippen LogP contribution is 2.19. The van der Waals surface area contributed by atoms with Gasteiger partial charge in [0.05, 0.1) is 12.6 Å². The average Bonchev–Trinajstić information content (AvgIpc) is 2.94. The summed E-state index contributed by atoms with van der Waals surface area (Å²) >= 11 is 0. The molecule has 0 saturated heterocycles. The van der Waals surface area contributed by atoms with Crippen molar-refractivity contribution in [3.63, 3.8) is 0 Å². The number of aromatic nitrogens is 2. The fourth-order valence-electron chi connectivity index (χ4n) is 2.49. The Labute approximate surface area is 123 Å². The van der Waals surface area contributed by atoms with Crippen LogP contribution in [0.2, 0.25) is 0 Å². The van der Waals surface area contributed by atoms with Gasteiger partial charge in [0, 0.05) is 5.56 Å². The molecule has 0 fully saturated rings. The Hall–Kier alpha value is -2.62. The quantitative estimate of drug-likeness (QED) is 0.769. The minimum Gasteiger partial charge on any atom is -0.311 e. The van der Waals surface area contributed by atoms with Crippen molar-refractivity contribution in [2.45, 2.75) is 19.8 Å². The second-order valence-electron chi connectivity index (χ2n) is 4.99. The smallest absolute Gasteiger partial charge is 0.229 e. The second kappa shape index (κ2) is 5.79. The molecule has 0 atom stereocenters. The van der Waals surface area contributed by atoms with E-state index in [9.17, 15) is 4.79 Å². The van der Waals surface area contributed by atoms with Gasteiger partial charge in [0.2, 0.25) is 5.91 Å². The number of fused-ring (bicyclic) bond motifs is 1. The molecule has 4 heteroatoms. The van der Waals surface area contributed by atoms with E-state index < -0.39 is 0 Å². The lowest BCUT2D eigenvalue weighted by molar-refractivity contribution is -0.115. The molecule has 0 aliphatic heterocycles. The van der Waals surface area contributed by atoms with Gasteiger partial charge >= 0.3 is 0 Å². The van der Waals surface area contributed by atoms with Crippen molar-refractivity contribution >= 4 is 22.5 Å². The third-order valence-electron chi connectivity index (χ3n) is 3.59. The van der Waals surface area contributed by atoms with Crippen LogP contribution in [-0.4, -0.2) is 16.1 Å². The number of amides is 1. The Bertz CT molecular complexity index is 771. The maximum Gasteiger partial charge on any atom is 0.229 e. The molecule has 0 aliphatic rings. The van der Waals surface area contributed by atoms with Gasteiger partial charge in [0.15, 0.2) is 0 Å². The summed E-state index contributed by atoms with van der Waals surface area (Å²) in [6.07, 6.45) is 2.93. The maximum atomic E-state index is 12.2. The van der Waals surface area contributed by atoms with Crippen molar-refractivity contribution in [1.82, 2.24) is 10.2 Å². The van der Waals surface area contributed by atoms with Crippen LogP contribution in [0.4, 0.5) is 5.82 Å². The van der Waals surface area contributed by atoms with E-state index in [4.69, 9.17) is 0 Å². The molecule has 4 nitrogen and oxygen atoms in total. The number of rotatable bonds is 4. The molecular formula is C17H17N3O. The highest BCUT2D eigenvalue weighted by Gasteiger charge is 2.10. The Balaban J connectivity index is 1.81. The monoisotopic (exact) mass is 279 g/mol. The minimum absolute atomic E-state index is 0.0368. The van der Waals surface area contributed by atoms with E-state index in [0.29, 0.717) is 12.2 Å². The van der Waals surface area contributed by atoms with Gasteiger partial charge in [-0.1, -0.05) is 49.4 Å². The first-order chi connectivity index (χ1) is 10.3. The van der Waals surface area contributed by atoms with Gasteiger partial charge in [-0.25, -0.2) is 0 Å². The molecule has 0 unspecified atom stereocenters. The van der Waals surface area contributed by atoms with Crippen LogP contribution in [0.1, 0.15) is 18.1 Å².